The van der Waals surface area contributed by atoms with E-state index in [-0.39, 0.29) is 18.4 Å². The van der Waals surface area contributed by atoms with Gasteiger partial charge in [-0.3, -0.25) is 4.98 Å². The summed E-state index contributed by atoms with van der Waals surface area (Å²) in [4.78, 5) is 4.08. The molecule has 1 atom stereocenters. The Bertz CT molecular complexity index is 636. The SMILES string of the molecule is Cc1ncc(CO)c(CNC2CCCc3occc32)c1O. The van der Waals surface area contributed by atoms with Crippen LogP contribution in [0.3, 0.4) is 0 Å². The number of pyridine rings is 1. The van der Waals surface area contributed by atoms with Crippen LogP contribution in [0.4, 0.5) is 0 Å². The molecule has 0 bridgehead atoms. The van der Waals surface area contributed by atoms with Gasteiger partial charge in [0.15, 0.2) is 0 Å². The molecular formula is C16H20N2O3. The zero-order chi connectivity index (χ0) is 14.8. The molecule has 1 aliphatic carbocycles. The van der Waals surface area contributed by atoms with Crippen LogP contribution < -0.4 is 5.32 Å². The van der Waals surface area contributed by atoms with Crippen molar-refractivity contribution in [3.63, 3.8) is 0 Å². The molecule has 0 aliphatic heterocycles. The number of nitrogens with one attached hydrogen (secondary N) is 1. The van der Waals surface area contributed by atoms with Gasteiger partial charge in [0.05, 0.1) is 18.6 Å². The van der Waals surface area contributed by atoms with Crippen LogP contribution in [0, 0.1) is 6.92 Å². The Morgan fingerprint density at radius 3 is 3.14 bits per heavy atom. The Kier molecular flexibility index (Phi) is 3.94. The van der Waals surface area contributed by atoms with Crippen molar-refractivity contribution in [2.24, 2.45) is 0 Å². The molecule has 3 N–H and O–H groups in total. The number of nitrogens with zero attached hydrogens (tertiary/aromatic N) is 1. The fraction of sp³-hybridized carbons (Fsp3) is 0.438. The normalized spacial score (nSPS) is 17.7. The second-order valence-corrected chi connectivity index (χ2v) is 5.48. The molecule has 2 heterocycles. The van der Waals surface area contributed by atoms with Gasteiger partial charge in [-0.15, -0.1) is 0 Å². The third-order valence-corrected chi connectivity index (χ3v) is 4.18. The highest BCUT2D eigenvalue weighted by molar-refractivity contribution is 5.40. The van der Waals surface area contributed by atoms with Gasteiger partial charge in [-0.05, 0) is 25.8 Å². The van der Waals surface area contributed by atoms with E-state index in [1.807, 2.05) is 6.07 Å². The van der Waals surface area contributed by atoms with E-state index in [0.717, 1.165) is 30.6 Å². The molecule has 2 aromatic heterocycles. The first kappa shape index (κ1) is 14.1. The lowest BCUT2D eigenvalue weighted by Crippen LogP contribution is -2.24. The van der Waals surface area contributed by atoms with E-state index in [2.05, 4.69) is 10.3 Å². The predicted molar refractivity (Wildman–Crippen MR) is 77.8 cm³/mol. The van der Waals surface area contributed by atoms with Crippen molar-refractivity contribution in [1.82, 2.24) is 10.3 Å². The topological polar surface area (TPSA) is 78.5 Å². The Balaban J connectivity index is 1.79. The molecule has 3 rings (SSSR count). The molecule has 5 heteroatoms. The molecule has 0 amide bonds. The largest absolute Gasteiger partial charge is 0.506 e. The lowest BCUT2D eigenvalue weighted by molar-refractivity contribution is 0.278. The van der Waals surface area contributed by atoms with E-state index in [0.29, 0.717) is 17.8 Å². The van der Waals surface area contributed by atoms with E-state index in [4.69, 9.17) is 4.42 Å². The highest BCUT2D eigenvalue weighted by Gasteiger charge is 2.23. The van der Waals surface area contributed by atoms with E-state index in [1.165, 1.54) is 5.56 Å². The molecule has 5 nitrogen and oxygen atoms in total. The van der Waals surface area contributed by atoms with Crippen molar-refractivity contribution < 1.29 is 14.6 Å². The first-order valence-corrected chi connectivity index (χ1v) is 7.27. The molecule has 21 heavy (non-hydrogen) atoms. The molecule has 0 spiro atoms. The van der Waals surface area contributed by atoms with Crippen LogP contribution in [0.2, 0.25) is 0 Å². The first-order chi connectivity index (χ1) is 10.2. The van der Waals surface area contributed by atoms with Gasteiger partial charge < -0.3 is 19.9 Å². The quantitative estimate of drug-likeness (QED) is 0.805. The highest BCUT2D eigenvalue weighted by atomic mass is 16.3. The summed E-state index contributed by atoms with van der Waals surface area (Å²) in [6.45, 7) is 2.13. The van der Waals surface area contributed by atoms with Crippen molar-refractivity contribution in [2.75, 3.05) is 0 Å². The number of fused-ring (bicyclic) bond motifs is 1. The zero-order valence-electron chi connectivity index (χ0n) is 12.1. The fourth-order valence-electron chi connectivity index (χ4n) is 2.94. The number of aliphatic hydroxyl groups excluding tert-OH is 1. The molecule has 112 valence electrons. The van der Waals surface area contributed by atoms with Gasteiger partial charge in [-0.1, -0.05) is 0 Å². The molecule has 2 aromatic rings. The smallest absolute Gasteiger partial charge is 0.141 e. The fourth-order valence-corrected chi connectivity index (χ4v) is 2.94. The minimum Gasteiger partial charge on any atom is -0.506 e. The van der Waals surface area contributed by atoms with Gasteiger partial charge in [-0.25, -0.2) is 0 Å². The third-order valence-electron chi connectivity index (χ3n) is 4.18. The number of aromatic hydroxyl groups is 1. The van der Waals surface area contributed by atoms with E-state index < -0.39 is 0 Å². The average molecular weight is 288 g/mol. The number of rotatable bonds is 4. The summed E-state index contributed by atoms with van der Waals surface area (Å²) in [5, 5.41) is 23.0. The minimum atomic E-state index is -0.126. The second kappa shape index (κ2) is 5.87. The van der Waals surface area contributed by atoms with Crippen LogP contribution in [0.25, 0.3) is 0 Å². The van der Waals surface area contributed by atoms with Crippen molar-refractivity contribution in [3.8, 4) is 5.75 Å². The summed E-state index contributed by atoms with van der Waals surface area (Å²) in [5.74, 6) is 1.22. The van der Waals surface area contributed by atoms with Gasteiger partial charge in [0, 0.05) is 41.9 Å². The van der Waals surface area contributed by atoms with E-state index >= 15 is 0 Å². The molecular weight excluding hydrogens is 268 g/mol. The third kappa shape index (κ3) is 2.66. The summed E-state index contributed by atoms with van der Waals surface area (Å²) in [5.41, 5.74) is 3.17. The Hall–Kier alpha value is -1.85. The highest BCUT2D eigenvalue weighted by Crippen LogP contribution is 2.31. The van der Waals surface area contributed by atoms with Gasteiger partial charge in [0.1, 0.15) is 11.5 Å². The number of hydrogen-bond acceptors (Lipinski definition) is 5. The number of hydrogen-bond donors (Lipinski definition) is 3. The molecule has 0 fully saturated rings. The summed E-state index contributed by atoms with van der Waals surface area (Å²) in [7, 11) is 0. The monoisotopic (exact) mass is 288 g/mol. The summed E-state index contributed by atoms with van der Waals surface area (Å²) >= 11 is 0. The molecule has 0 aromatic carbocycles. The van der Waals surface area contributed by atoms with Crippen LogP contribution >= 0.6 is 0 Å². The van der Waals surface area contributed by atoms with Crippen LogP contribution in [0.5, 0.6) is 5.75 Å². The van der Waals surface area contributed by atoms with Crippen molar-refractivity contribution in [1.29, 1.82) is 0 Å². The average Bonchev–Trinajstić information content (AvgIpc) is 2.98. The molecule has 0 radical (unpaired) electrons. The maximum Gasteiger partial charge on any atom is 0.141 e. The first-order valence-electron chi connectivity index (χ1n) is 7.27. The van der Waals surface area contributed by atoms with Crippen molar-refractivity contribution in [2.45, 2.75) is 45.4 Å². The Labute approximate surface area is 123 Å². The number of aliphatic hydroxyl groups is 1. The lowest BCUT2D eigenvalue weighted by Gasteiger charge is -2.23. The molecule has 1 aliphatic rings. The standard InChI is InChI=1S/C16H20N2O3/c1-10-16(20)13(11(9-19)7-17-10)8-18-14-3-2-4-15-12(14)5-6-21-15/h5-7,14,18-20H,2-4,8-9H2,1H3. The van der Waals surface area contributed by atoms with E-state index in [9.17, 15) is 10.2 Å². The summed E-state index contributed by atoms with van der Waals surface area (Å²) in [6.07, 6.45) is 6.48. The van der Waals surface area contributed by atoms with Crippen molar-refractivity contribution >= 4 is 0 Å². The maximum absolute atomic E-state index is 10.2. The summed E-state index contributed by atoms with van der Waals surface area (Å²) in [6, 6.07) is 2.24. The lowest BCUT2D eigenvalue weighted by atomic mass is 9.93. The zero-order valence-corrected chi connectivity index (χ0v) is 12.1. The molecule has 0 saturated carbocycles. The van der Waals surface area contributed by atoms with Gasteiger partial charge >= 0.3 is 0 Å². The van der Waals surface area contributed by atoms with Crippen LogP contribution in [0.1, 0.15) is 47.0 Å². The number of aromatic nitrogens is 1. The van der Waals surface area contributed by atoms with Gasteiger partial charge in [0.25, 0.3) is 0 Å². The number of furan rings is 1. The van der Waals surface area contributed by atoms with Crippen molar-refractivity contribution in [3.05, 3.63) is 46.7 Å². The maximum atomic E-state index is 10.2. The van der Waals surface area contributed by atoms with E-state index in [1.54, 1.807) is 19.4 Å². The van der Waals surface area contributed by atoms with Crippen LogP contribution in [-0.4, -0.2) is 15.2 Å². The molecule has 0 saturated heterocycles. The predicted octanol–water partition coefficient (Wildman–Crippen LogP) is 2.35. The van der Waals surface area contributed by atoms with Crippen LogP contribution in [0.15, 0.2) is 22.9 Å². The Morgan fingerprint density at radius 2 is 2.33 bits per heavy atom. The second-order valence-electron chi connectivity index (χ2n) is 5.48. The van der Waals surface area contributed by atoms with Gasteiger partial charge in [-0.2, -0.15) is 0 Å². The van der Waals surface area contributed by atoms with Crippen LogP contribution in [-0.2, 0) is 19.6 Å². The Morgan fingerprint density at radius 1 is 1.48 bits per heavy atom. The minimum absolute atomic E-state index is 0.126. The molecule has 1 unspecified atom stereocenters. The number of aryl methyl sites for hydroxylation is 2. The summed E-state index contributed by atoms with van der Waals surface area (Å²) < 4.78 is 5.49. The van der Waals surface area contributed by atoms with Gasteiger partial charge in [0.2, 0.25) is 0 Å².